The van der Waals surface area contributed by atoms with E-state index in [1.165, 1.54) is 12.1 Å². The normalized spacial score (nSPS) is 11.7. The van der Waals surface area contributed by atoms with E-state index >= 15 is 0 Å². The number of aromatic nitrogens is 1. The second kappa shape index (κ2) is 12.9. The standard InChI is InChI=1S/C19H25F3N4OS.HI/c1-3-17-26-15(12-28-17)9-10-24-18(23-4-2)25-11-14-5-7-16(8-6-14)27-13-19(20,21)22;/h5-8,12H,3-4,9-11,13H2,1-2H3,(H2,23,24,25);1H. The molecule has 0 saturated heterocycles. The van der Waals surface area contributed by atoms with E-state index in [0.29, 0.717) is 19.0 Å². The first-order valence-electron chi connectivity index (χ1n) is 9.13. The third-order valence-corrected chi connectivity index (χ3v) is 4.71. The number of guanidine groups is 1. The number of thiazole rings is 1. The number of nitrogens with zero attached hydrogens (tertiary/aromatic N) is 2. The van der Waals surface area contributed by atoms with Crippen LogP contribution in [0.15, 0.2) is 34.6 Å². The maximum Gasteiger partial charge on any atom is 0.422 e. The van der Waals surface area contributed by atoms with Crippen LogP contribution < -0.4 is 15.4 Å². The Bertz CT molecular complexity index is 751. The lowest BCUT2D eigenvalue weighted by atomic mass is 10.2. The molecule has 1 aromatic carbocycles. The number of hydrogen-bond acceptors (Lipinski definition) is 4. The molecule has 0 aliphatic carbocycles. The lowest BCUT2D eigenvalue weighted by Gasteiger charge is -2.11. The fraction of sp³-hybridized carbons (Fsp3) is 0.474. The summed E-state index contributed by atoms with van der Waals surface area (Å²) in [4.78, 5) is 9.05. The number of rotatable bonds is 9. The fourth-order valence-corrected chi connectivity index (χ4v) is 3.08. The summed E-state index contributed by atoms with van der Waals surface area (Å²) in [5, 5.41) is 9.66. The van der Waals surface area contributed by atoms with Crippen LogP contribution in [0.3, 0.4) is 0 Å². The second-order valence-electron chi connectivity index (χ2n) is 6.01. The average molecular weight is 542 g/mol. The van der Waals surface area contributed by atoms with E-state index in [0.717, 1.165) is 35.7 Å². The van der Waals surface area contributed by atoms with Crippen molar-refractivity contribution in [3.8, 4) is 5.75 Å². The van der Waals surface area contributed by atoms with Crippen molar-refractivity contribution in [3.63, 3.8) is 0 Å². The summed E-state index contributed by atoms with van der Waals surface area (Å²) >= 11 is 1.67. The molecule has 29 heavy (non-hydrogen) atoms. The summed E-state index contributed by atoms with van der Waals surface area (Å²) in [6, 6.07) is 6.45. The summed E-state index contributed by atoms with van der Waals surface area (Å²) in [5.41, 5.74) is 1.95. The van der Waals surface area contributed by atoms with Gasteiger partial charge in [0.05, 0.1) is 17.2 Å². The minimum absolute atomic E-state index is 0. The lowest BCUT2D eigenvalue weighted by Crippen LogP contribution is -2.38. The van der Waals surface area contributed by atoms with Gasteiger partial charge in [-0.1, -0.05) is 19.1 Å². The van der Waals surface area contributed by atoms with Gasteiger partial charge in [0.25, 0.3) is 0 Å². The highest BCUT2D eigenvalue weighted by molar-refractivity contribution is 14.0. The number of benzene rings is 1. The van der Waals surface area contributed by atoms with Crippen molar-refractivity contribution >= 4 is 41.3 Å². The van der Waals surface area contributed by atoms with Crippen LogP contribution in [-0.4, -0.2) is 36.8 Å². The van der Waals surface area contributed by atoms with Crippen LogP contribution in [0.25, 0.3) is 0 Å². The van der Waals surface area contributed by atoms with Gasteiger partial charge in [0.1, 0.15) is 5.75 Å². The minimum atomic E-state index is -4.34. The predicted molar refractivity (Wildman–Crippen MR) is 121 cm³/mol. The summed E-state index contributed by atoms with van der Waals surface area (Å²) < 4.78 is 41.2. The number of hydrogen-bond donors (Lipinski definition) is 2. The summed E-state index contributed by atoms with van der Waals surface area (Å²) in [6.45, 7) is 4.63. The minimum Gasteiger partial charge on any atom is -0.484 e. The molecule has 5 nitrogen and oxygen atoms in total. The van der Waals surface area contributed by atoms with Crippen molar-refractivity contribution in [1.82, 2.24) is 15.6 Å². The Kier molecular flexibility index (Phi) is 11.3. The largest absolute Gasteiger partial charge is 0.484 e. The van der Waals surface area contributed by atoms with Crippen LogP contribution in [0.5, 0.6) is 5.75 Å². The summed E-state index contributed by atoms with van der Waals surface area (Å²) in [7, 11) is 0. The molecule has 0 aliphatic rings. The molecule has 0 saturated carbocycles. The first-order valence-corrected chi connectivity index (χ1v) is 10.0. The molecule has 1 heterocycles. The van der Waals surface area contributed by atoms with Gasteiger partial charge in [-0.3, -0.25) is 0 Å². The molecule has 0 amide bonds. The number of halogens is 4. The summed E-state index contributed by atoms with van der Waals surface area (Å²) in [6.07, 6.45) is -2.58. The Balaban J connectivity index is 0.00000420. The average Bonchev–Trinajstić information content (AvgIpc) is 3.13. The molecule has 0 spiro atoms. The van der Waals surface area contributed by atoms with Gasteiger partial charge in [-0.25, -0.2) is 9.98 Å². The van der Waals surface area contributed by atoms with Gasteiger partial charge in [0.15, 0.2) is 12.6 Å². The number of ether oxygens (including phenoxy) is 1. The smallest absolute Gasteiger partial charge is 0.422 e. The molecule has 2 rings (SSSR count). The first-order chi connectivity index (χ1) is 13.4. The maximum absolute atomic E-state index is 12.2. The number of nitrogens with one attached hydrogen (secondary N) is 2. The van der Waals surface area contributed by atoms with Gasteiger partial charge in [-0.15, -0.1) is 35.3 Å². The quantitative estimate of drug-likeness (QED) is 0.277. The number of alkyl halides is 3. The Morgan fingerprint density at radius 2 is 1.90 bits per heavy atom. The van der Waals surface area contributed by atoms with Crippen LogP contribution in [-0.2, 0) is 19.4 Å². The zero-order valence-corrected chi connectivity index (χ0v) is 19.5. The molecular formula is C19H26F3IN4OS. The van der Waals surface area contributed by atoms with E-state index in [1.807, 2.05) is 6.92 Å². The highest BCUT2D eigenvalue weighted by Crippen LogP contribution is 2.19. The van der Waals surface area contributed by atoms with Crippen LogP contribution in [0, 0.1) is 0 Å². The highest BCUT2D eigenvalue weighted by Gasteiger charge is 2.28. The van der Waals surface area contributed by atoms with Gasteiger partial charge in [0, 0.05) is 24.9 Å². The Morgan fingerprint density at radius 3 is 2.48 bits per heavy atom. The molecule has 10 heteroatoms. The molecule has 1 aromatic heterocycles. The van der Waals surface area contributed by atoms with Crippen molar-refractivity contribution in [3.05, 3.63) is 45.9 Å². The van der Waals surface area contributed by atoms with Gasteiger partial charge in [-0.2, -0.15) is 13.2 Å². The second-order valence-corrected chi connectivity index (χ2v) is 6.95. The van der Waals surface area contributed by atoms with E-state index in [9.17, 15) is 13.2 Å². The molecular weight excluding hydrogens is 516 g/mol. The van der Waals surface area contributed by atoms with E-state index in [4.69, 9.17) is 4.74 Å². The Labute approximate surface area is 190 Å². The molecule has 0 bridgehead atoms. The third-order valence-electron chi connectivity index (χ3n) is 3.67. The van der Waals surface area contributed by atoms with Crippen molar-refractivity contribution in [2.45, 2.75) is 39.4 Å². The van der Waals surface area contributed by atoms with Crippen LogP contribution in [0.4, 0.5) is 13.2 Å². The van der Waals surface area contributed by atoms with Gasteiger partial charge < -0.3 is 15.4 Å². The van der Waals surface area contributed by atoms with Gasteiger partial charge in [0.2, 0.25) is 0 Å². The van der Waals surface area contributed by atoms with Crippen molar-refractivity contribution in [1.29, 1.82) is 0 Å². The molecule has 2 N–H and O–H groups in total. The molecule has 0 unspecified atom stereocenters. The van der Waals surface area contributed by atoms with Crippen LogP contribution in [0.2, 0.25) is 0 Å². The Hall–Kier alpha value is -1.56. The zero-order valence-electron chi connectivity index (χ0n) is 16.4. The lowest BCUT2D eigenvalue weighted by molar-refractivity contribution is -0.153. The number of aliphatic imine (C=N–C) groups is 1. The molecule has 0 aliphatic heterocycles. The maximum atomic E-state index is 12.2. The van der Waals surface area contributed by atoms with E-state index in [2.05, 4.69) is 32.9 Å². The predicted octanol–water partition coefficient (Wildman–Crippen LogP) is 4.56. The third kappa shape index (κ3) is 10.2. The van der Waals surface area contributed by atoms with E-state index < -0.39 is 12.8 Å². The zero-order chi connectivity index (χ0) is 20.4. The molecule has 0 fully saturated rings. The monoisotopic (exact) mass is 542 g/mol. The first kappa shape index (κ1) is 25.5. The Morgan fingerprint density at radius 1 is 1.17 bits per heavy atom. The van der Waals surface area contributed by atoms with Crippen molar-refractivity contribution in [2.24, 2.45) is 4.99 Å². The van der Waals surface area contributed by atoms with Crippen LogP contribution >= 0.6 is 35.3 Å². The van der Waals surface area contributed by atoms with E-state index in [-0.39, 0.29) is 29.7 Å². The molecule has 0 atom stereocenters. The van der Waals surface area contributed by atoms with Crippen molar-refractivity contribution in [2.75, 3.05) is 19.7 Å². The van der Waals surface area contributed by atoms with Crippen molar-refractivity contribution < 1.29 is 17.9 Å². The van der Waals surface area contributed by atoms with Gasteiger partial charge >= 0.3 is 6.18 Å². The number of aryl methyl sites for hydroxylation is 1. The molecule has 2 aromatic rings. The molecule has 0 radical (unpaired) electrons. The highest BCUT2D eigenvalue weighted by atomic mass is 127. The fourth-order valence-electron chi connectivity index (χ4n) is 2.30. The van der Waals surface area contributed by atoms with E-state index in [1.54, 1.807) is 23.5 Å². The summed E-state index contributed by atoms with van der Waals surface area (Å²) in [5.74, 6) is 0.871. The SMILES string of the molecule is CCNC(=NCc1ccc(OCC(F)(F)F)cc1)NCCc1csc(CC)n1.I. The topological polar surface area (TPSA) is 58.5 Å². The molecule has 162 valence electrons. The van der Waals surface area contributed by atoms with Crippen LogP contribution in [0.1, 0.15) is 30.1 Å². The van der Waals surface area contributed by atoms with Gasteiger partial charge in [-0.05, 0) is 31.0 Å².